The van der Waals surface area contributed by atoms with Crippen molar-refractivity contribution in [2.45, 2.75) is 19.4 Å². The molecule has 2 aromatic carbocycles. The van der Waals surface area contributed by atoms with Crippen molar-refractivity contribution in [1.29, 1.82) is 0 Å². The zero-order chi connectivity index (χ0) is 15.5. The van der Waals surface area contributed by atoms with Crippen molar-refractivity contribution in [3.05, 3.63) is 64.7 Å². The highest BCUT2D eigenvalue weighted by molar-refractivity contribution is 6.30. The van der Waals surface area contributed by atoms with Crippen LogP contribution in [0, 0.1) is 0 Å². The second-order valence-electron chi connectivity index (χ2n) is 5.58. The first kappa shape index (κ1) is 15.1. The van der Waals surface area contributed by atoms with E-state index in [-0.39, 0.29) is 11.9 Å². The van der Waals surface area contributed by atoms with E-state index < -0.39 is 0 Å². The van der Waals surface area contributed by atoms with Crippen LogP contribution in [0.15, 0.2) is 48.5 Å². The normalized spacial score (nSPS) is 14.7. The van der Waals surface area contributed by atoms with Crippen molar-refractivity contribution in [1.82, 2.24) is 5.32 Å². The van der Waals surface area contributed by atoms with Crippen molar-refractivity contribution >= 4 is 23.2 Å². The molecule has 0 unspecified atom stereocenters. The summed E-state index contributed by atoms with van der Waals surface area (Å²) >= 11 is 5.90. The van der Waals surface area contributed by atoms with Gasteiger partial charge in [0.05, 0.1) is 6.54 Å². The fraction of sp³-hybridized carbons (Fsp3) is 0.278. The first-order valence-electron chi connectivity index (χ1n) is 7.52. The number of halogens is 1. The van der Waals surface area contributed by atoms with Crippen molar-refractivity contribution in [2.75, 3.05) is 18.0 Å². The summed E-state index contributed by atoms with van der Waals surface area (Å²) < 4.78 is 0. The van der Waals surface area contributed by atoms with E-state index in [1.807, 2.05) is 47.4 Å². The van der Waals surface area contributed by atoms with Crippen LogP contribution >= 0.6 is 11.6 Å². The minimum atomic E-state index is 0.110. The monoisotopic (exact) mass is 314 g/mol. The van der Waals surface area contributed by atoms with Crippen molar-refractivity contribution in [3.63, 3.8) is 0 Å². The Bertz CT molecular complexity index is 669. The highest BCUT2D eigenvalue weighted by Crippen LogP contribution is 2.27. The Morgan fingerprint density at radius 3 is 2.73 bits per heavy atom. The van der Waals surface area contributed by atoms with Crippen molar-refractivity contribution in [2.24, 2.45) is 0 Å². The second-order valence-corrected chi connectivity index (χ2v) is 6.01. The fourth-order valence-corrected chi connectivity index (χ4v) is 2.93. The summed E-state index contributed by atoms with van der Waals surface area (Å²) in [7, 11) is 0. The zero-order valence-electron chi connectivity index (χ0n) is 12.6. The summed E-state index contributed by atoms with van der Waals surface area (Å²) in [4.78, 5) is 14.3. The molecule has 1 aliphatic heterocycles. The molecular formula is C18H19ClN2O. The lowest BCUT2D eigenvalue weighted by molar-refractivity contribution is -0.117. The molecule has 0 aliphatic carbocycles. The van der Waals surface area contributed by atoms with E-state index in [0.717, 1.165) is 29.2 Å². The van der Waals surface area contributed by atoms with Crippen LogP contribution in [0.25, 0.3) is 0 Å². The van der Waals surface area contributed by atoms with Gasteiger partial charge in [-0.05, 0) is 42.7 Å². The van der Waals surface area contributed by atoms with Crippen LogP contribution in [0.5, 0.6) is 0 Å². The summed E-state index contributed by atoms with van der Waals surface area (Å²) in [5.41, 5.74) is 3.43. The predicted octanol–water partition coefficient (Wildman–Crippen LogP) is 3.58. The van der Waals surface area contributed by atoms with E-state index in [1.54, 1.807) is 0 Å². The minimum Gasteiger partial charge on any atom is -0.311 e. The number of nitrogens with zero attached hydrogens (tertiary/aromatic N) is 1. The van der Waals surface area contributed by atoms with Gasteiger partial charge in [-0.15, -0.1) is 0 Å². The van der Waals surface area contributed by atoms with Crippen LogP contribution in [0.3, 0.4) is 0 Å². The number of rotatable bonds is 4. The molecule has 0 radical (unpaired) electrons. The first-order valence-corrected chi connectivity index (χ1v) is 7.90. The van der Waals surface area contributed by atoms with E-state index in [4.69, 9.17) is 11.6 Å². The van der Waals surface area contributed by atoms with E-state index in [0.29, 0.717) is 6.54 Å². The van der Waals surface area contributed by atoms with Gasteiger partial charge in [0.25, 0.3) is 0 Å². The van der Waals surface area contributed by atoms with Crippen LogP contribution < -0.4 is 10.2 Å². The number of hydrogen-bond acceptors (Lipinski definition) is 2. The summed E-state index contributed by atoms with van der Waals surface area (Å²) in [6.45, 7) is 3.15. The maximum atomic E-state index is 12.4. The third-order valence-corrected chi connectivity index (χ3v) is 4.37. The Kier molecular flexibility index (Phi) is 4.46. The summed E-state index contributed by atoms with van der Waals surface area (Å²) in [5, 5.41) is 4.01. The molecule has 1 N–H and O–H groups in total. The Balaban J connectivity index is 1.60. The Morgan fingerprint density at radius 1 is 1.23 bits per heavy atom. The highest BCUT2D eigenvalue weighted by Gasteiger charge is 2.23. The number of carbonyl (C=O) groups excluding carboxylic acids is 1. The number of hydrogen-bond donors (Lipinski definition) is 1. The number of benzene rings is 2. The van der Waals surface area contributed by atoms with Gasteiger partial charge in [-0.3, -0.25) is 4.79 Å². The molecular weight excluding hydrogens is 296 g/mol. The molecule has 1 amide bonds. The zero-order valence-corrected chi connectivity index (χ0v) is 13.3. The van der Waals surface area contributed by atoms with Crippen LogP contribution in [-0.4, -0.2) is 19.0 Å². The number of para-hydroxylation sites is 1. The molecule has 0 saturated heterocycles. The van der Waals surface area contributed by atoms with E-state index in [9.17, 15) is 4.79 Å². The molecule has 3 rings (SSSR count). The Morgan fingerprint density at radius 2 is 1.95 bits per heavy atom. The molecule has 22 heavy (non-hydrogen) atoms. The van der Waals surface area contributed by atoms with Gasteiger partial charge in [0.15, 0.2) is 0 Å². The summed E-state index contributed by atoms with van der Waals surface area (Å²) in [5.74, 6) is 0.116. The maximum absolute atomic E-state index is 12.4. The lowest BCUT2D eigenvalue weighted by Gasteiger charge is -2.20. The number of amides is 1. The molecule has 0 spiro atoms. The van der Waals surface area contributed by atoms with E-state index >= 15 is 0 Å². The minimum absolute atomic E-state index is 0.110. The largest absolute Gasteiger partial charge is 0.311 e. The molecule has 1 aliphatic rings. The van der Waals surface area contributed by atoms with Gasteiger partial charge in [0.1, 0.15) is 0 Å². The van der Waals surface area contributed by atoms with E-state index in [1.165, 1.54) is 5.56 Å². The second kappa shape index (κ2) is 6.51. The van der Waals surface area contributed by atoms with Crippen LogP contribution in [0.1, 0.15) is 24.1 Å². The molecule has 0 bridgehead atoms. The third-order valence-electron chi connectivity index (χ3n) is 4.12. The Labute approximate surface area is 135 Å². The number of fused-ring (bicyclic) bond motifs is 1. The fourth-order valence-electron chi connectivity index (χ4n) is 2.80. The molecule has 4 heteroatoms. The summed E-state index contributed by atoms with van der Waals surface area (Å²) in [6.07, 6.45) is 0.939. The number of carbonyl (C=O) groups is 1. The van der Waals surface area contributed by atoms with Crippen molar-refractivity contribution < 1.29 is 4.79 Å². The standard InChI is InChI=1S/C18H19ClN2O/c1-13(14-6-8-16(19)9-7-14)20-12-18(22)21-11-10-15-4-2-3-5-17(15)21/h2-9,13,20H,10-12H2,1H3/t13-/m0/s1. The van der Waals surface area contributed by atoms with Gasteiger partial charge in [-0.25, -0.2) is 0 Å². The van der Waals surface area contributed by atoms with Gasteiger partial charge >= 0.3 is 0 Å². The maximum Gasteiger partial charge on any atom is 0.240 e. The summed E-state index contributed by atoms with van der Waals surface area (Å²) in [6, 6.07) is 15.9. The topological polar surface area (TPSA) is 32.3 Å². The highest BCUT2D eigenvalue weighted by atomic mass is 35.5. The molecule has 3 nitrogen and oxygen atoms in total. The van der Waals surface area contributed by atoms with Crippen molar-refractivity contribution in [3.8, 4) is 0 Å². The molecule has 0 fully saturated rings. The van der Waals surface area contributed by atoms with Gasteiger partial charge < -0.3 is 10.2 Å². The molecule has 1 heterocycles. The smallest absolute Gasteiger partial charge is 0.240 e. The van der Waals surface area contributed by atoms with Crippen LogP contribution in [0.2, 0.25) is 5.02 Å². The molecule has 114 valence electrons. The molecule has 2 aromatic rings. The lowest BCUT2D eigenvalue weighted by Crippen LogP contribution is -2.38. The predicted molar refractivity (Wildman–Crippen MR) is 90.4 cm³/mol. The average molecular weight is 315 g/mol. The quantitative estimate of drug-likeness (QED) is 0.935. The lowest BCUT2D eigenvalue weighted by atomic mass is 10.1. The third kappa shape index (κ3) is 3.16. The van der Waals surface area contributed by atoms with Crippen LogP contribution in [-0.2, 0) is 11.2 Å². The number of nitrogens with one attached hydrogen (secondary N) is 1. The van der Waals surface area contributed by atoms with Gasteiger partial charge in [0.2, 0.25) is 5.91 Å². The van der Waals surface area contributed by atoms with Crippen LogP contribution in [0.4, 0.5) is 5.69 Å². The number of anilines is 1. The van der Waals surface area contributed by atoms with Gasteiger partial charge in [0, 0.05) is 23.3 Å². The molecule has 0 aromatic heterocycles. The van der Waals surface area contributed by atoms with Gasteiger partial charge in [-0.2, -0.15) is 0 Å². The average Bonchev–Trinajstić information content (AvgIpc) is 2.97. The van der Waals surface area contributed by atoms with E-state index in [2.05, 4.69) is 18.3 Å². The SMILES string of the molecule is C[C@H](NCC(=O)N1CCc2ccccc21)c1ccc(Cl)cc1. The first-order chi connectivity index (χ1) is 10.6. The van der Waals surface area contributed by atoms with Gasteiger partial charge in [-0.1, -0.05) is 41.9 Å². The molecule has 0 saturated carbocycles. The Hall–Kier alpha value is -1.84. The molecule has 1 atom stereocenters.